The Hall–Kier alpha value is -1.14. The Balaban J connectivity index is 2.58. The second-order valence-electron chi connectivity index (χ2n) is 4.05. The van der Waals surface area contributed by atoms with Crippen molar-refractivity contribution in [3.63, 3.8) is 0 Å². The van der Waals surface area contributed by atoms with Crippen LogP contribution >= 0.6 is 0 Å². The van der Waals surface area contributed by atoms with Crippen molar-refractivity contribution >= 4 is 11.9 Å². The Kier molecular flexibility index (Phi) is 5.37. The van der Waals surface area contributed by atoms with E-state index in [1.807, 2.05) is 6.92 Å². The zero-order valence-corrected chi connectivity index (χ0v) is 10.3. The lowest BCUT2D eigenvalue weighted by molar-refractivity contribution is -0.151. The second kappa shape index (κ2) is 6.56. The van der Waals surface area contributed by atoms with Crippen molar-refractivity contribution in [3.8, 4) is 0 Å². The van der Waals surface area contributed by atoms with Crippen LogP contribution in [-0.4, -0.2) is 55.2 Å². The van der Waals surface area contributed by atoms with Gasteiger partial charge in [0.25, 0.3) is 5.91 Å². The molecule has 0 aromatic heterocycles. The third kappa shape index (κ3) is 3.98. The maximum atomic E-state index is 12.0. The summed E-state index contributed by atoms with van der Waals surface area (Å²) in [6.07, 6.45) is 0.724. The van der Waals surface area contributed by atoms with E-state index in [0.717, 1.165) is 6.42 Å². The average molecular weight is 244 g/mol. The van der Waals surface area contributed by atoms with Crippen LogP contribution in [0, 0.1) is 0 Å². The van der Waals surface area contributed by atoms with Gasteiger partial charge in [0.15, 0.2) is 6.04 Å². The van der Waals surface area contributed by atoms with Gasteiger partial charge in [0, 0.05) is 19.7 Å². The Morgan fingerprint density at radius 3 is 2.94 bits per heavy atom. The normalized spacial score (nSPS) is 22.8. The van der Waals surface area contributed by atoms with E-state index in [-0.39, 0.29) is 18.6 Å². The summed E-state index contributed by atoms with van der Waals surface area (Å²) in [7, 11) is 0. The molecule has 0 spiro atoms. The first-order valence-corrected chi connectivity index (χ1v) is 5.88. The number of amides is 1. The van der Waals surface area contributed by atoms with E-state index >= 15 is 0 Å². The summed E-state index contributed by atoms with van der Waals surface area (Å²) < 4.78 is 10.2. The molecule has 0 radical (unpaired) electrons. The number of hydrogen-bond acceptors (Lipinski definition) is 5. The molecule has 2 unspecified atom stereocenters. The van der Waals surface area contributed by atoms with Crippen LogP contribution in [0.2, 0.25) is 0 Å². The molecule has 0 aliphatic carbocycles. The van der Waals surface area contributed by atoms with Crippen LogP contribution in [0.4, 0.5) is 0 Å². The van der Waals surface area contributed by atoms with E-state index in [1.54, 1.807) is 11.8 Å². The molecular weight excluding hydrogens is 224 g/mol. The van der Waals surface area contributed by atoms with Crippen LogP contribution < -0.4 is 5.73 Å². The number of nitrogens with zero attached hydrogens (tertiary/aromatic N) is 1. The molecule has 1 amide bonds. The minimum Gasteiger partial charge on any atom is -0.464 e. The van der Waals surface area contributed by atoms with E-state index in [2.05, 4.69) is 0 Å². The maximum Gasteiger partial charge on any atom is 0.332 e. The van der Waals surface area contributed by atoms with Gasteiger partial charge in [0.2, 0.25) is 0 Å². The van der Waals surface area contributed by atoms with Gasteiger partial charge in [-0.2, -0.15) is 0 Å². The lowest BCUT2D eigenvalue weighted by Gasteiger charge is -2.24. The lowest BCUT2D eigenvalue weighted by atomic mass is 10.2. The molecule has 1 rings (SSSR count). The summed E-state index contributed by atoms with van der Waals surface area (Å²) in [6.45, 7) is 5.44. The zero-order chi connectivity index (χ0) is 12.8. The van der Waals surface area contributed by atoms with Gasteiger partial charge in [-0.05, 0) is 20.3 Å². The molecule has 1 saturated heterocycles. The van der Waals surface area contributed by atoms with Gasteiger partial charge in [-0.1, -0.05) is 0 Å². The van der Waals surface area contributed by atoms with Gasteiger partial charge in [-0.25, -0.2) is 4.79 Å². The first kappa shape index (κ1) is 13.9. The molecule has 2 N–H and O–H groups in total. The topological polar surface area (TPSA) is 81.9 Å². The molecule has 0 saturated carbocycles. The molecule has 6 heteroatoms. The molecule has 6 nitrogen and oxygen atoms in total. The average Bonchev–Trinajstić information content (AvgIpc) is 2.52. The fraction of sp³-hybridized carbons (Fsp3) is 0.818. The predicted molar refractivity (Wildman–Crippen MR) is 61.2 cm³/mol. The third-order valence-corrected chi connectivity index (χ3v) is 2.57. The first-order valence-electron chi connectivity index (χ1n) is 5.88. The fourth-order valence-corrected chi connectivity index (χ4v) is 1.72. The smallest absolute Gasteiger partial charge is 0.332 e. The zero-order valence-electron chi connectivity index (χ0n) is 10.3. The first-order chi connectivity index (χ1) is 8.06. The van der Waals surface area contributed by atoms with Crippen molar-refractivity contribution in [2.45, 2.75) is 32.4 Å². The summed E-state index contributed by atoms with van der Waals surface area (Å²) in [6, 6.07) is -1.22. The van der Waals surface area contributed by atoms with Crippen molar-refractivity contribution in [1.82, 2.24) is 4.90 Å². The molecule has 1 aliphatic rings. The molecule has 1 aliphatic heterocycles. The SMILES string of the molecule is CCOC(=O)C(N)C(=O)N1CCCOC(C)C1. The number of carbonyl (C=O) groups excluding carboxylic acids is 2. The van der Waals surface area contributed by atoms with Crippen molar-refractivity contribution < 1.29 is 19.1 Å². The van der Waals surface area contributed by atoms with Crippen LogP contribution in [-0.2, 0) is 19.1 Å². The molecule has 0 bridgehead atoms. The van der Waals surface area contributed by atoms with E-state index in [9.17, 15) is 9.59 Å². The Labute approximate surface area is 101 Å². The van der Waals surface area contributed by atoms with Crippen LogP contribution in [0.15, 0.2) is 0 Å². The predicted octanol–water partition coefficient (Wildman–Crippen LogP) is -0.486. The highest BCUT2D eigenvalue weighted by Crippen LogP contribution is 2.07. The Bertz CT molecular complexity index is 283. The molecule has 0 aromatic rings. The van der Waals surface area contributed by atoms with Crippen molar-refractivity contribution in [1.29, 1.82) is 0 Å². The Morgan fingerprint density at radius 1 is 1.59 bits per heavy atom. The van der Waals surface area contributed by atoms with E-state index in [1.165, 1.54) is 0 Å². The van der Waals surface area contributed by atoms with Crippen molar-refractivity contribution in [3.05, 3.63) is 0 Å². The minimum atomic E-state index is -1.22. The molecule has 98 valence electrons. The van der Waals surface area contributed by atoms with Gasteiger partial charge in [0.1, 0.15) is 0 Å². The fourth-order valence-electron chi connectivity index (χ4n) is 1.72. The molecule has 1 fully saturated rings. The second-order valence-corrected chi connectivity index (χ2v) is 4.05. The van der Waals surface area contributed by atoms with Crippen molar-refractivity contribution in [2.24, 2.45) is 5.73 Å². The summed E-state index contributed by atoms with van der Waals surface area (Å²) in [5.74, 6) is -1.06. The highest BCUT2D eigenvalue weighted by atomic mass is 16.5. The van der Waals surface area contributed by atoms with Gasteiger partial charge < -0.3 is 20.1 Å². The standard InChI is InChI=1S/C11H20N2O4/c1-3-16-11(15)9(12)10(14)13-5-4-6-17-8(2)7-13/h8-9H,3-7,12H2,1-2H3. The summed E-state index contributed by atoms with van der Waals surface area (Å²) in [4.78, 5) is 24.9. The van der Waals surface area contributed by atoms with Gasteiger partial charge in [-0.3, -0.25) is 4.79 Å². The van der Waals surface area contributed by atoms with Gasteiger partial charge >= 0.3 is 5.97 Å². The number of nitrogens with two attached hydrogens (primary N) is 1. The third-order valence-electron chi connectivity index (χ3n) is 2.57. The monoisotopic (exact) mass is 244 g/mol. The molecule has 1 heterocycles. The number of esters is 1. The minimum absolute atomic E-state index is 0.0316. The van der Waals surface area contributed by atoms with E-state index in [4.69, 9.17) is 15.2 Å². The van der Waals surface area contributed by atoms with Gasteiger partial charge in [-0.15, -0.1) is 0 Å². The van der Waals surface area contributed by atoms with Crippen LogP contribution in [0.5, 0.6) is 0 Å². The molecule has 2 atom stereocenters. The number of hydrogen-bond donors (Lipinski definition) is 1. The quantitative estimate of drug-likeness (QED) is 0.535. The van der Waals surface area contributed by atoms with Crippen LogP contribution in [0.3, 0.4) is 0 Å². The highest BCUT2D eigenvalue weighted by Gasteiger charge is 2.29. The van der Waals surface area contributed by atoms with E-state index < -0.39 is 12.0 Å². The van der Waals surface area contributed by atoms with Gasteiger partial charge in [0.05, 0.1) is 12.7 Å². The summed E-state index contributed by atoms with van der Waals surface area (Å²) >= 11 is 0. The number of ether oxygens (including phenoxy) is 2. The molecule has 17 heavy (non-hydrogen) atoms. The largest absolute Gasteiger partial charge is 0.464 e. The summed E-state index contributed by atoms with van der Waals surface area (Å²) in [5, 5.41) is 0. The maximum absolute atomic E-state index is 12.0. The van der Waals surface area contributed by atoms with Crippen molar-refractivity contribution in [2.75, 3.05) is 26.3 Å². The van der Waals surface area contributed by atoms with E-state index in [0.29, 0.717) is 19.7 Å². The lowest BCUT2D eigenvalue weighted by Crippen LogP contribution is -2.50. The molecular formula is C11H20N2O4. The summed E-state index contributed by atoms with van der Waals surface area (Å²) in [5.41, 5.74) is 5.57. The number of rotatable bonds is 3. The Morgan fingerprint density at radius 2 is 2.29 bits per heavy atom. The number of carbonyl (C=O) groups is 2. The molecule has 0 aromatic carbocycles. The van der Waals surface area contributed by atoms with Crippen LogP contribution in [0.1, 0.15) is 20.3 Å². The highest BCUT2D eigenvalue weighted by molar-refractivity contribution is 6.01. The van der Waals surface area contributed by atoms with Crippen LogP contribution in [0.25, 0.3) is 0 Å².